The molecule has 4 heteroatoms. The summed E-state index contributed by atoms with van der Waals surface area (Å²) in [5.74, 6) is 0.0440. The lowest BCUT2D eigenvalue weighted by atomic mass is 9.87. The third-order valence-electron chi connectivity index (χ3n) is 2.85. The van der Waals surface area contributed by atoms with Gasteiger partial charge < -0.3 is 16.4 Å². The van der Waals surface area contributed by atoms with E-state index in [-0.39, 0.29) is 18.0 Å². The first kappa shape index (κ1) is 12.5. The molecule has 15 heavy (non-hydrogen) atoms. The maximum Gasteiger partial charge on any atom is 0.217 e. The Labute approximate surface area is 92.0 Å². The molecule has 3 atom stereocenters. The first-order valence-electron chi connectivity index (χ1n) is 5.77. The summed E-state index contributed by atoms with van der Waals surface area (Å²) in [6.45, 7) is 5.82. The van der Waals surface area contributed by atoms with E-state index in [4.69, 9.17) is 5.73 Å². The van der Waals surface area contributed by atoms with Crippen LogP contribution >= 0.6 is 0 Å². The van der Waals surface area contributed by atoms with Gasteiger partial charge in [0.1, 0.15) is 0 Å². The molecule has 0 aromatic carbocycles. The van der Waals surface area contributed by atoms with Crippen LogP contribution in [0.3, 0.4) is 0 Å². The summed E-state index contributed by atoms with van der Waals surface area (Å²) in [6.07, 6.45) is 2.95. The van der Waals surface area contributed by atoms with Gasteiger partial charge in [-0.05, 0) is 19.3 Å². The van der Waals surface area contributed by atoms with Gasteiger partial charge in [-0.15, -0.1) is 0 Å². The van der Waals surface area contributed by atoms with E-state index < -0.39 is 0 Å². The van der Waals surface area contributed by atoms with E-state index in [9.17, 15) is 4.79 Å². The lowest BCUT2D eigenvalue weighted by molar-refractivity contribution is -0.119. The summed E-state index contributed by atoms with van der Waals surface area (Å²) in [5.41, 5.74) is 6.08. The van der Waals surface area contributed by atoms with Crippen LogP contribution in [-0.4, -0.2) is 30.1 Å². The monoisotopic (exact) mass is 213 g/mol. The number of nitrogens with two attached hydrogens (primary N) is 1. The number of rotatable bonds is 3. The highest BCUT2D eigenvalue weighted by Crippen LogP contribution is 2.18. The van der Waals surface area contributed by atoms with Gasteiger partial charge in [0.15, 0.2) is 0 Å². The molecule has 1 amide bonds. The molecule has 0 heterocycles. The molecule has 3 unspecified atom stereocenters. The maximum atomic E-state index is 10.9. The van der Waals surface area contributed by atoms with Crippen LogP contribution in [0.4, 0.5) is 0 Å². The van der Waals surface area contributed by atoms with E-state index in [1.54, 1.807) is 6.92 Å². The highest BCUT2D eigenvalue weighted by Gasteiger charge is 2.28. The average Bonchev–Trinajstić information content (AvgIpc) is 2.08. The molecular weight excluding hydrogens is 190 g/mol. The lowest BCUT2D eigenvalue weighted by Crippen LogP contribution is -2.54. The van der Waals surface area contributed by atoms with E-state index in [0.717, 1.165) is 19.3 Å². The molecule has 0 radical (unpaired) electrons. The van der Waals surface area contributed by atoms with Crippen LogP contribution in [0.2, 0.25) is 0 Å². The van der Waals surface area contributed by atoms with Gasteiger partial charge >= 0.3 is 0 Å². The highest BCUT2D eigenvalue weighted by atomic mass is 16.1. The predicted molar refractivity (Wildman–Crippen MR) is 61.5 cm³/mol. The van der Waals surface area contributed by atoms with E-state index in [1.165, 1.54) is 0 Å². The molecule has 1 saturated carbocycles. The molecule has 0 spiro atoms. The van der Waals surface area contributed by atoms with Crippen molar-refractivity contribution in [3.05, 3.63) is 0 Å². The van der Waals surface area contributed by atoms with Crippen LogP contribution < -0.4 is 16.4 Å². The van der Waals surface area contributed by atoms with E-state index >= 15 is 0 Å². The smallest absolute Gasteiger partial charge is 0.217 e. The minimum atomic E-state index is 0.0440. The second-order valence-electron chi connectivity index (χ2n) is 4.80. The fraction of sp³-hybridized carbons (Fsp3) is 0.909. The fourth-order valence-corrected chi connectivity index (χ4v) is 2.26. The molecule has 0 aliphatic heterocycles. The van der Waals surface area contributed by atoms with Crippen LogP contribution in [-0.2, 0) is 4.79 Å². The van der Waals surface area contributed by atoms with Gasteiger partial charge in [0.05, 0.1) is 0 Å². The number of hydrogen-bond acceptors (Lipinski definition) is 3. The number of carbonyl (C=O) groups is 1. The zero-order valence-corrected chi connectivity index (χ0v) is 9.92. The Morgan fingerprint density at radius 1 is 1.40 bits per heavy atom. The van der Waals surface area contributed by atoms with Gasteiger partial charge in [-0.1, -0.05) is 13.8 Å². The topological polar surface area (TPSA) is 67.2 Å². The van der Waals surface area contributed by atoms with Gasteiger partial charge in [-0.2, -0.15) is 0 Å². The maximum absolute atomic E-state index is 10.9. The summed E-state index contributed by atoms with van der Waals surface area (Å²) in [7, 11) is 0. The quantitative estimate of drug-likeness (QED) is 0.634. The molecule has 88 valence electrons. The summed E-state index contributed by atoms with van der Waals surface area (Å²) in [5, 5.41) is 6.41. The van der Waals surface area contributed by atoms with Crippen LogP contribution in [0.15, 0.2) is 0 Å². The number of hydrogen-bond donors (Lipinski definition) is 3. The second kappa shape index (κ2) is 5.47. The lowest BCUT2D eigenvalue weighted by Gasteiger charge is -2.35. The van der Waals surface area contributed by atoms with Crippen molar-refractivity contribution in [2.45, 2.75) is 64.2 Å². The molecule has 0 saturated heterocycles. The molecule has 1 aliphatic carbocycles. The summed E-state index contributed by atoms with van der Waals surface area (Å²) in [4.78, 5) is 10.9. The Morgan fingerprint density at radius 3 is 2.53 bits per heavy atom. The Balaban J connectivity index is 2.37. The zero-order valence-electron chi connectivity index (χ0n) is 9.92. The molecule has 1 rings (SSSR count). The molecule has 4 nitrogen and oxygen atoms in total. The van der Waals surface area contributed by atoms with Crippen molar-refractivity contribution in [2.24, 2.45) is 5.73 Å². The van der Waals surface area contributed by atoms with Crippen molar-refractivity contribution in [3.63, 3.8) is 0 Å². The molecule has 0 aromatic rings. The Kier molecular flexibility index (Phi) is 4.54. The summed E-state index contributed by atoms with van der Waals surface area (Å²) >= 11 is 0. The molecule has 1 fully saturated rings. The van der Waals surface area contributed by atoms with E-state index in [2.05, 4.69) is 24.5 Å². The van der Waals surface area contributed by atoms with Gasteiger partial charge in [0.2, 0.25) is 5.91 Å². The number of amides is 1. The molecule has 0 bridgehead atoms. The van der Waals surface area contributed by atoms with Crippen molar-refractivity contribution < 1.29 is 4.79 Å². The van der Waals surface area contributed by atoms with E-state index in [0.29, 0.717) is 12.1 Å². The predicted octanol–water partition coefficient (Wildman–Crippen LogP) is 0.369. The third kappa shape index (κ3) is 4.18. The van der Waals surface area contributed by atoms with Gasteiger partial charge in [-0.25, -0.2) is 0 Å². The third-order valence-corrected chi connectivity index (χ3v) is 2.85. The first-order chi connectivity index (χ1) is 6.99. The van der Waals surface area contributed by atoms with Crippen LogP contribution in [0, 0.1) is 0 Å². The van der Waals surface area contributed by atoms with Crippen molar-refractivity contribution in [2.75, 3.05) is 0 Å². The molecule has 4 N–H and O–H groups in total. The van der Waals surface area contributed by atoms with Crippen LogP contribution in [0.5, 0.6) is 0 Å². The normalized spacial score (nSPS) is 31.7. The van der Waals surface area contributed by atoms with Crippen molar-refractivity contribution >= 4 is 5.91 Å². The van der Waals surface area contributed by atoms with Crippen LogP contribution in [0.1, 0.15) is 40.0 Å². The Morgan fingerprint density at radius 2 is 2.07 bits per heavy atom. The average molecular weight is 213 g/mol. The van der Waals surface area contributed by atoms with Crippen molar-refractivity contribution in [1.29, 1.82) is 0 Å². The fourth-order valence-electron chi connectivity index (χ4n) is 2.26. The van der Waals surface area contributed by atoms with Gasteiger partial charge in [0, 0.05) is 31.1 Å². The van der Waals surface area contributed by atoms with Gasteiger partial charge in [0.25, 0.3) is 0 Å². The zero-order chi connectivity index (χ0) is 11.4. The van der Waals surface area contributed by atoms with Gasteiger partial charge in [-0.3, -0.25) is 4.79 Å². The Bertz CT molecular complexity index is 218. The van der Waals surface area contributed by atoms with Crippen LogP contribution in [0.25, 0.3) is 0 Å². The molecular formula is C11H23N3O. The largest absolute Gasteiger partial charge is 0.354 e. The second-order valence-corrected chi connectivity index (χ2v) is 4.80. The summed E-state index contributed by atoms with van der Waals surface area (Å²) in [6, 6.07) is 1.29. The minimum Gasteiger partial charge on any atom is -0.354 e. The number of nitrogens with one attached hydrogen (secondary N) is 2. The SMILES string of the molecule is CC(=O)NC1CCC(NC(C)C)C(N)C1. The molecule has 1 aliphatic rings. The molecule has 0 aromatic heterocycles. The first-order valence-corrected chi connectivity index (χ1v) is 5.77. The van der Waals surface area contributed by atoms with E-state index in [1.807, 2.05) is 0 Å². The summed E-state index contributed by atoms with van der Waals surface area (Å²) < 4.78 is 0. The highest BCUT2D eigenvalue weighted by molar-refractivity contribution is 5.73. The Hall–Kier alpha value is -0.610. The standard InChI is InChI=1S/C11H23N3O/c1-7(2)13-11-5-4-9(6-10(11)12)14-8(3)15/h7,9-11,13H,4-6,12H2,1-3H3,(H,14,15). The minimum absolute atomic E-state index is 0.0440. The van der Waals surface area contributed by atoms with Crippen molar-refractivity contribution in [3.8, 4) is 0 Å². The number of carbonyl (C=O) groups excluding carboxylic acids is 1. The van der Waals surface area contributed by atoms with Crippen molar-refractivity contribution in [1.82, 2.24) is 10.6 Å².